The first-order chi connectivity index (χ1) is 9.95. The Bertz CT molecular complexity index is 642. The molecule has 1 unspecified atom stereocenters. The molecule has 2 rings (SSSR count). The molecular weight excluding hydrogens is 363 g/mol. The van der Waals surface area contributed by atoms with Gasteiger partial charge >= 0.3 is 0 Å². The van der Waals surface area contributed by atoms with Crippen LogP contribution in [0.1, 0.15) is 35.4 Å². The highest BCUT2D eigenvalue weighted by Gasteiger charge is 2.24. The van der Waals surface area contributed by atoms with Crippen molar-refractivity contribution in [2.75, 3.05) is 6.54 Å². The van der Waals surface area contributed by atoms with E-state index in [0.29, 0.717) is 6.54 Å². The van der Waals surface area contributed by atoms with Crippen molar-refractivity contribution >= 4 is 27.3 Å². The Morgan fingerprint density at radius 3 is 2.48 bits per heavy atom. The second-order valence-electron chi connectivity index (χ2n) is 4.71. The molecule has 1 heterocycles. The molecule has 0 saturated heterocycles. The van der Waals surface area contributed by atoms with Gasteiger partial charge in [0.05, 0.1) is 9.83 Å². The average Bonchev–Trinajstić information content (AvgIpc) is 2.77. The Balaban J connectivity index is 2.50. The Morgan fingerprint density at radius 1 is 1.19 bits per heavy atom. The summed E-state index contributed by atoms with van der Waals surface area (Å²) in [6.45, 7) is 4.56. The van der Waals surface area contributed by atoms with Gasteiger partial charge < -0.3 is 5.32 Å². The van der Waals surface area contributed by atoms with Crippen LogP contribution in [-0.2, 0) is 0 Å². The van der Waals surface area contributed by atoms with Gasteiger partial charge in [-0.25, -0.2) is 13.2 Å². The normalized spacial score (nSPS) is 12.7. The molecule has 2 aromatic rings. The molecule has 0 spiro atoms. The first kappa shape index (κ1) is 16.5. The van der Waals surface area contributed by atoms with Gasteiger partial charge in [-0.1, -0.05) is 13.0 Å². The Kier molecular flexibility index (Phi) is 5.46. The number of rotatable bonds is 5. The van der Waals surface area contributed by atoms with Crippen molar-refractivity contribution in [1.82, 2.24) is 5.32 Å². The van der Waals surface area contributed by atoms with Gasteiger partial charge in [0.2, 0.25) is 0 Å². The molecule has 1 aromatic heterocycles. The molecule has 1 nitrogen and oxygen atoms in total. The number of nitrogens with one attached hydrogen (secondary N) is 1. The van der Waals surface area contributed by atoms with Crippen LogP contribution < -0.4 is 5.32 Å². The van der Waals surface area contributed by atoms with Crippen molar-refractivity contribution < 1.29 is 13.2 Å². The minimum atomic E-state index is -1.43. The molecular formula is C15H15BrF3NS. The summed E-state index contributed by atoms with van der Waals surface area (Å²) in [6, 6.07) is 3.65. The fourth-order valence-electron chi connectivity index (χ4n) is 2.19. The van der Waals surface area contributed by atoms with Gasteiger partial charge in [-0.3, -0.25) is 0 Å². The summed E-state index contributed by atoms with van der Waals surface area (Å²) < 4.78 is 41.6. The second-order valence-corrected chi connectivity index (χ2v) is 7.35. The maximum atomic E-state index is 14.1. The molecule has 0 amide bonds. The summed E-state index contributed by atoms with van der Waals surface area (Å²) in [4.78, 5) is 1.000. The zero-order chi connectivity index (χ0) is 15.6. The van der Waals surface area contributed by atoms with Gasteiger partial charge in [0, 0.05) is 10.4 Å². The third-order valence-electron chi connectivity index (χ3n) is 3.21. The molecule has 21 heavy (non-hydrogen) atoms. The topological polar surface area (TPSA) is 12.0 Å². The number of halogens is 4. The Hall–Kier alpha value is -0.850. The molecule has 6 heteroatoms. The van der Waals surface area contributed by atoms with Crippen LogP contribution in [0.15, 0.2) is 22.0 Å². The number of benzene rings is 1. The van der Waals surface area contributed by atoms with Gasteiger partial charge in [-0.15, -0.1) is 11.3 Å². The van der Waals surface area contributed by atoms with Crippen LogP contribution in [0.25, 0.3) is 0 Å². The standard InChI is InChI=1S/C15H15BrF3NS/c1-3-6-20-15(10-7-12(16)21-8(10)2)9-4-5-11(17)14(19)13(9)18/h4-5,7,15,20H,3,6H2,1-2H3. The van der Waals surface area contributed by atoms with E-state index in [1.54, 1.807) is 0 Å². The third-order valence-corrected chi connectivity index (χ3v) is 4.78. The number of thiophene rings is 1. The molecule has 0 aliphatic carbocycles. The molecule has 1 aromatic carbocycles. The molecule has 0 radical (unpaired) electrons. The number of hydrogen-bond donors (Lipinski definition) is 1. The lowest BCUT2D eigenvalue weighted by Crippen LogP contribution is -2.24. The lowest BCUT2D eigenvalue weighted by Gasteiger charge is -2.20. The number of aryl methyl sites for hydroxylation is 1. The first-order valence-electron chi connectivity index (χ1n) is 6.58. The van der Waals surface area contributed by atoms with Crippen LogP contribution in [-0.4, -0.2) is 6.54 Å². The van der Waals surface area contributed by atoms with Crippen molar-refractivity contribution in [1.29, 1.82) is 0 Å². The van der Waals surface area contributed by atoms with Crippen molar-refractivity contribution in [3.05, 3.63) is 55.4 Å². The summed E-state index contributed by atoms with van der Waals surface area (Å²) in [7, 11) is 0. The van der Waals surface area contributed by atoms with E-state index in [4.69, 9.17) is 0 Å². The molecule has 0 fully saturated rings. The highest BCUT2D eigenvalue weighted by atomic mass is 79.9. The largest absolute Gasteiger partial charge is 0.306 e. The maximum Gasteiger partial charge on any atom is 0.194 e. The minimum absolute atomic E-state index is 0.121. The maximum absolute atomic E-state index is 14.1. The monoisotopic (exact) mass is 377 g/mol. The van der Waals surface area contributed by atoms with Crippen LogP contribution in [0.2, 0.25) is 0 Å². The molecule has 1 N–H and O–H groups in total. The summed E-state index contributed by atoms with van der Waals surface area (Å²) in [6.07, 6.45) is 0.853. The van der Waals surface area contributed by atoms with Gasteiger partial charge in [-0.05, 0) is 53.5 Å². The molecule has 1 atom stereocenters. The molecule has 0 aliphatic rings. The molecule has 0 aliphatic heterocycles. The van der Waals surface area contributed by atoms with Crippen molar-refractivity contribution in [3.63, 3.8) is 0 Å². The highest BCUT2D eigenvalue weighted by molar-refractivity contribution is 9.11. The van der Waals surface area contributed by atoms with Crippen molar-refractivity contribution in [2.24, 2.45) is 0 Å². The van der Waals surface area contributed by atoms with E-state index in [0.717, 1.165) is 26.7 Å². The van der Waals surface area contributed by atoms with E-state index in [2.05, 4.69) is 21.2 Å². The molecule has 0 saturated carbocycles. The molecule has 0 bridgehead atoms. The minimum Gasteiger partial charge on any atom is -0.306 e. The van der Waals surface area contributed by atoms with Crippen LogP contribution in [0, 0.1) is 24.4 Å². The average molecular weight is 378 g/mol. The first-order valence-corrected chi connectivity index (χ1v) is 8.19. The number of hydrogen-bond acceptors (Lipinski definition) is 2. The zero-order valence-corrected chi connectivity index (χ0v) is 14.0. The van der Waals surface area contributed by atoms with Crippen molar-refractivity contribution in [3.8, 4) is 0 Å². The fourth-order valence-corrected chi connectivity index (χ4v) is 3.93. The van der Waals surface area contributed by atoms with Crippen molar-refractivity contribution in [2.45, 2.75) is 26.3 Å². The summed E-state index contributed by atoms with van der Waals surface area (Å²) in [5, 5.41) is 3.20. The van der Waals surface area contributed by atoms with Gasteiger partial charge in [0.15, 0.2) is 17.5 Å². The SMILES string of the molecule is CCCNC(c1cc(Br)sc1C)c1ccc(F)c(F)c1F. The lowest BCUT2D eigenvalue weighted by atomic mass is 9.98. The van der Waals surface area contributed by atoms with Crippen LogP contribution >= 0.6 is 27.3 Å². The summed E-state index contributed by atoms with van der Waals surface area (Å²) >= 11 is 4.92. The van der Waals surface area contributed by atoms with E-state index < -0.39 is 23.5 Å². The Morgan fingerprint density at radius 2 is 1.90 bits per heavy atom. The summed E-state index contributed by atoms with van der Waals surface area (Å²) in [5.41, 5.74) is 0.987. The quantitative estimate of drug-likeness (QED) is 0.694. The van der Waals surface area contributed by atoms with Crippen LogP contribution in [0.4, 0.5) is 13.2 Å². The van der Waals surface area contributed by atoms with E-state index in [9.17, 15) is 13.2 Å². The van der Waals surface area contributed by atoms with Gasteiger partial charge in [0.1, 0.15) is 0 Å². The predicted octanol–water partition coefficient (Wildman–Crippen LogP) is 5.33. The predicted molar refractivity (Wildman–Crippen MR) is 83.2 cm³/mol. The highest BCUT2D eigenvalue weighted by Crippen LogP contribution is 2.35. The van der Waals surface area contributed by atoms with E-state index in [1.807, 2.05) is 19.9 Å². The van der Waals surface area contributed by atoms with Crippen LogP contribution in [0.5, 0.6) is 0 Å². The molecule has 114 valence electrons. The van der Waals surface area contributed by atoms with E-state index >= 15 is 0 Å². The van der Waals surface area contributed by atoms with E-state index in [1.165, 1.54) is 17.4 Å². The summed E-state index contributed by atoms with van der Waals surface area (Å²) in [5.74, 6) is -3.73. The third kappa shape index (κ3) is 3.49. The van der Waals surface area contributed by atoms with E-state index in [-0.39, 0.29) is 5.56 Å². The zero-order valence-electron chi connectivity index (χ0n) is 11.6. The lowest BCUT2D eigenvalue weighted by molar-refractivity contribution is 0.432. The van der Waals surface area contributed by atoms with Crippen LogP contribution in [0.3, 0.4) is 0 Å². The smallest absolute Gasteiger partial charge is 0.194 e. The second kappa shape index (κ2) is 6.94. The fraction of sp³-hybridized carbons (Fsp3) is 0.333. The van der Waals surface area contributed by atoms with Gasteiger partial charge in [0.25, 0.3) is 0 Å². The van der Waals surface area contributed by atoms with Gasteiger partial charge in [-0.2, -0.15) is 0 Å². The Labute approximate surface area is 134 Å².